The van der Waals surface area contributed by atoms with E-state index < -0.39 is 11.5 Å². The molecule has 2 heterocycles. The van der Waals surface area contributed by atoms with E-state index in [0.29, 0.717) is 17.2 Å². The fraction of sp³-hybridized carbons (Fsp3) is 0.286. The number of piperazine rings is 1. The van der Waals surface area contributed by atoms with Crippen molar-refractivity contribution in [2.75, 3.05) is 49.2 Å². The first kappa shape index (κ1) is 19.2. The van der Waals surface area contributed by atoms with Crippen molar-refractivity contribution in [3.63, 3.8) is 0 Å². The number of guanidine groups is 1. The Hall–Kier alpha value is -3.10. The second kappa shape index (κ2) is 7.73. The number of anilines is 3. The second-order valence-electron chi connectivity index (χ2n) is 7.45. The van der Waals surface area contributed by atoms with Gasteiger partial charge in [0.15, 0.2) is 11.5 Å². The van der Waals surface area contributed by atoms with Crippen LogP contribution in [0.5, 0.6) is 0 Å². The molecule has 0 amide bonds. The summed E-state index contributed by atoms with van der Waals surface area (Å²) in [5, 5.41) is 5.99. The van der Waals surface area contributed by atoms with Crippen molar-refractivity contribution in [2.24, 2.45) is 10.7 Å². The molecule has 152 valence electrons. The van der Waals surface area contributed by atoms with Gasteiger partial charge in [-0.15, -0.1) is 0 Å². The third-order valence-electron chi connectivity index (χ3n) is 5.34. The topological polar surface area (TPSA) is 94.9 Å². The minimum atomic E-state index is -1.60. The molecule has 2 aromatic carbocycles. The van der Waals surface area contributed by atoms with Crippen molar-refractivity contribution in [1.29, 1.82) is 0 Å². The van der Waals surface area contributed by atoms with Crippen LogP contribution in [0.15, 0.2) is 65.6 Å². The van der Waals surface area contributed by atoms with Crippen molar-refractivity contribution in [1.82, 2.24) is 10.2 Å². The molecule has 8 heteroatoms. The zero-order chi connectivity index (χ0) is 20.4. The van der Waals surface area contributed by atoms with Gasteiger partial charge < -0.3 is 26.2 Å². The fourth-order valence-electron chi connectivity index (χ4n) is 3.46. The highest BCUT2D eigenvalue weighted by molar-refractivity contribution is 5.95. The largest absolute Gasteiger partial charge is 0.399 e. The van der Waals surface area contributed by atoms with Crippen LogP contribution in [0.1, 0.15) is 5.56 Å². The molecule has 0 saturated carbocycles. The average molecular weight is 395 g/mol. The Kier molecular flexibility index (Phi) is 5.12. The minimum Gasteiger partial charge on any atom is -0.399 e. The Bertz CT molecular complexity index is 915. The Morgan fingerprint density at radius 1 is 1.03 bits per heavy atom. The van der Waals surface area contributed by atoms with Gasteiger partial charge in [0.05, 0.1) is 0 Å². The number of hydrogen-bond acceptors (Lipinski definition) is 7. The van der Waals surface area contributed by atoms with Crippen LogP contribution in [0.3, 0.4) is 0 Å². The molecule has 0 aliphatic carbocycles. The highest BCUT2D eigenvalue weighted by Crippen LogP contribution is 2.31. The van der Waals surface area contributed by atoms with Crippen LogP contribution in [0.4, 0.5) is 21.5 Å². The van der Waals surface area contributed by atoms with Crippen LogP contribution in [0.2, 0.25) is 0 Å². The molecule has 7 nitrogen and oxygen atoms in total. The molecule has 2 aliphatic heterocycles. The molecule has 4 rings (SSSR count). The summed E-state index contributed by atoms with van der Waals surface area (Å²) in [5.74, 6) is -0.198. The predicted octanol–water partition coefficient (Wildman–Crippen LogP) is 2.01. The van der Waals surface area contributed by atoms with Gasteiger partial charge in [0, 0.05) is 55.0 Å². The number of benzene rings is 2. The summed E-state index contributed by atoms with van der Waals surface area (Å²) in [6.45, 7) is 4.14. The van der Waals surface area contributed by atoms with Crippen LogP contribution < -0.4 is 27.0 Å². The summed E-state index contributed by atoms with van der Waals surface area (Å²) in [4.78, 5) is 9.07. The lowest BCUT2D eigenvalue weighted by atomic mass is 9.98. The molecular weight excluding hydrogens is 369 g/mol. The van der Waals surface area contributed by atoms with Crippen molar-refractivity contribution in [3.8, 4) is 0 Å². The van der Waals surface area contributed by atoms with E-state index in [1.54, 1.807) is 24.3 Å². The number of nitrogens with one attached hydrogen (secondary N) is 2. The molecule has 29 heavy (non-hydrogen) atoms. The maximum absolute atomic E-state index is 14.5. The maximum Gasteiger partial charge on any atom is 0.202 e. The van der Waals surface area contributed by atoms with Crippen LogP contribution >= 0.6 is 0 Å². The third kappa shape index (κ3) is 4.03. The molecular formula is C21H26FN7. The van der Waals surface area contributed by atoms with Crippen LogP contribution in [0, 0.1) is 0 Å². The zero-order valence-corrected chi connectivity index (χ0v) is 16.4. The van der Waals surface area contributed by atoms with Gasteiger partial charge in [0.1, 0.15) is 0 Å². The van der Waals surface area contributed by atoms with Gasteiger partial charge in [-0.05, 0) is 43.4 Å². The van der Waals surface area contributed by atoms with Gasteiger partial charge in [0.2, 0.25) is 5.96 Å². The lowest BCUT2D eigenvalue weighted by Gasteiger charge is -2.34. The lowest BCUT2D eigenvalue weighted by Crippen LogP contribution is -2.44. The number of nitrogens with two attached hydrogens (primary N) is 2. The van der Waals surface area contributed by atoms with Gasteiger partial charge in [0.25, 0.3) is 0 Å². The highest BCUT2D eigenvalue weighted by atomic mass is 19.1. The number of nitrogen functional groups attached to an aromatic ring is 1. The van der Waals surface area contributed by atoms with Gasteiger partial charge in [-0.25, -0.2) is 9.38 Å². The van der Waals surface area contributed by atoms with Crippen molar-refractivity contribution >= 4 is 23.0 Å². The van der Waals surface area contributed by atoms with E-state index in [1.165, 1.54) is 11.9 Å². The van der Waals surface area contributed by atoms with E-state index in [4.69, 9.17) is 11.5 Å². The predicted molar refractivity (Wildman–Crippen MR) is 116 cm³/mol. The Morgan fingerprint density at radius 2 is 1.69 bits per heavy atom. The van der Waals surface area contributed by atoms with E-state index >= 15 is 0 Å². The molecule has 2 aliphatic rings. The molecule has 0 bridgehead atoms. The first-order valence-electron chi connectivity index (χ1n) is 9.62. The first-order valence-corrected chi connectivity index (χ1v) is 9.62. The van der Waals surface area contributed by atoms with E-state index in [-0.39, 0.29) is 0 Å². The van der Waals surface area contributed by atoms with Crippen molar-refractivity contribution < 1.29 is 4.39 Å². The van der Waals surface area contributed by atoms with E-state index in [0.717, 1.165) is 31.9 Å². The van der Waals surface area contributed by atoms with Gasteiger partial charge >= 0.3 is 0 Å². The quantitative estimate of drug-likeness (QED) is 0.594. The van der Waals surface area contributed by atoms with Crippen molar-refractivity contribution in [2.45, 2.75) is 5.66 Å². The molecule has 1 unspecified atom stereocenters. The Morgan fingerprint density at radius 3 is 2.34 bits per heavy atom. The summed E-state index contributed by atoms with van der Waals surface area (Å²) in [6.07, 6.45) is 1.23. The number of likely N-dealkylation sites (N-methyl/N-ethyl adjacent to an activating group) is 1. The average Bonchev–Trinajstić information content (AvgIpc) is 2.72. The van der Waals surface area contributed by atoms with E-state index in [1.807, 2.05) is 12.1 Å². The summed E-state index contributed by atoms with van der Waals surface area (Å²) in [6, 6.07) is 14.8. The van der Waals surface area contributed by atoms with Gasteiger partial charge in [-0.2, -0.15) is 0 Å². The minimum absolute atomic E-state index is 0.373. The highest BCUT2D eigenvalue weighted by Gasteiger charge is 2.35. The molecule has 6 N–H and O–H groups in total. The Labute approximate surface area is 169 Å². The molecule has 0 spiro atoms. The standard InChI is InChI=1S/C21H26FN7/c1-28-10-12-29(13-11-28)18-8-6-17(7-9-18)26-20-25-14-19(22)21(24,27-20)15-2-4-16(23)5-3-15/h2-9,14H,10-13,23-24H2,1H3,(H2,25,26,27). The zero-order valence-electron chi connectivity index (χ0n) is 16.4. The first-order chi connectivity index (χ1) is 13.9. The maximum atomic E-state index is 14.5. The molecule has 2 aromatic rings. The number of rotatable bonds is 3. The molecule has 1 atom stereocenters. The van der Waals surface area contributed by atoms with Crippen LogP contribution in [-0.4, -0.2) is 44.1 Å². The fourth-order valence-corrected chi connectivity index (χ4v) is 3.46. The van der Waals surface area contributed by atoms with Crippen LogP contribution in [0.25, 0.3) is 0 Å². The molecule has 1 saturated heterocycles. The number of aliphatic imine (C=N–C) groups is 1. The number of nitrogens with zero attached hydrogens (tertiary/aromatic N) is 3. The second-order valence-corrected chi connectivity index (χ2v) is 7.45. The van der Waals surface area contributed by atoms with Crippen LogP contribution in [-0.2, 0) is 5.66 Å². The third-order valence-corrected chi connectivity index (χ3v) is 5.34. The van der Waals surface area contributed by atoms with E-state index in [2.05, 4.69) is 44.6 Å². The van der Waals surface area contributed by atoms with E-state index in [9.17, 15) is 4.39 Å². The monoisotopic (exact) mass is 395 g/mol. The number of halogens is 1. The molecule has 0 radical (unpaired) electrons. The van der Waals surface area contributed by atoms with Crippen molar-refractivity contribution in [3.05, 3.63) is 66.1 Å². The normalized spacial score (nSPS) is 22.5. The SMILES string of the molecule is CN1CCN(c2ccc(NC3=NC(N)(c4ccc(N)cc4)C(F)=CN3)cc2)CC1. The van der Waals surface area contributed by atoms with Gasteiger partial charge in [-0.3, -0.25) is 5.73 Å². The Balaban J connectivity index is 1.49. The lowest BCUT2D eigenvalue weighted by molar-refractivity contribution is 0.313. The van der Waals surface area contributed by atoms with Gasteiger partial charge in [-0.1, -0.05) is 12.1 Å². The summed E-state index contributed by atoms with van der Waals surface area (Å²) >= 11 is 0. The summed E-state index contributed by atoms with van der Waals surface area (Å²) in [5.41, 5.74) is 13.5. The number of hydrogen-bond donors (Lipinski definition) is 4. The molecule has 0 aromatic heterocycles. The summed E-state index contributed by atoms with van der Waals surface area (Å²) in [7, 11) is 2.14. The smallest absolute Gasteiger partial charge is 0.202 e. The summed E-state index contributed by atoms with van der Waals surface area (Å²) < 4.78 is 14.5. The molecule has 1 fully saturated rings.